The van der Waals surface area contributed by atoms with Gasteiger partial charge in [-0.05, 0) is 25.8 Å². The number of phenolic OH excluding ortho intramolecular Hbond substituents is 1. The van der Waals surface area contributed by atoms with Crippen LogP contribution in [0.25, 0.3) is 0 Å². The molecule has 0 radical (unpaired) electrons. The Labute approximate surface area is 104 Å². The van der Waals surface area contributed by atoms with Gasteiger partial charge < -0.3 is 9.84 Å². The van der Waals surface area contributed by atoms with Gasteiger partial charge in [-0.1, -0.05) is 12.1 Å². The van der Waals surface area contributed by atoms with Crippen LogP contribution in [0.15, 0.2) is 18.2 Å². The number of para-hydroxylation sites is 1. The number of aryl methyl sites for hydroxylation is 1. The van der Waals surface area contributed by atoms with Crippen LogP contribution in [0, 0.1) is 10.1 Å². The maximum atomic E-state index is 11.1. The van der Waals surface area contributed by atoms with E-state index in [4.69, 9.17) is 4.74 Å². The van der Waals surface area contributed by atoms with Gasteiger partial charge in [0.2, 0.25) is 0 Å². The molecule has 6 heteroatoms. The Bertz CT molecular complexity index is 444. The highest BCUT2D eigenvalue weighted by atomic mass is 16.6. The predicted molar refractivity (Wildman–Crippen MR) is 64.3 cm³/mol. The summed E-state index contributed by atoms with van der Waals surface area (Å²) in [4.78, 5) is 21.3. The first kappa shape index (κ1) is 14.0. The number of aromatic hydroxyl groups is 1. The zero-order valence-electron chi connectivity index (χ0n) is 10.1. The lowest BCUT2D eigenvalue weighted by atomic mass is 10.1. The van der Waals surface area contributed by atoms with E-state index in [0.29, 0.717) is 25.0 Å². The van der Waals surface area contributed by atoms with Crippen LogP contribution >= 0.6 is 0 Å². The summed E-state index contributed by atoms with van der Waals surface area (Å²) in [5.74, 6) is -0.672. The van der Waals surface area contributed by atoms with Gasteiger partial charge in [0, 0.05) is 12.0 Å². The van der Waals surface area contributed by atoms with Crippen molar-refractivity contribution in [2.24, 2.45) is 0 Å². The van der Waals surface area contributed by atoms with Gasteiger partial charge in [0.05, 0.1) is 11.5 Å². The molecule has 0 aliphatic heterocycles. The number of benzene rings is 1. The topological polar surface area (TPSA) is 89.7 Å². The number of hydrogen-bond donors (Lipinski definition) is 1. The monoisotopic (exact) mass is 253 g/mol. The van der Waals surface area contributed by atoms with Crippen LogP contribution in [-0.2, 0) is 16.0 Å². The van der Waals surface area contributed by atoms with Crippen molar-refractivity contribution in [2.75, 3.05) is 6.61 Å². The van der Waals surface area contributed by atoms with Crippen molar-refractivity contribution >= 4 is 11.7 Å². The third-order valence-electron chi connectivity index (χ3n) is 2.41. The SMILES string of the molecule is CCOC(=O)CCCc1cccc(O)c1[N+](=O)[O-]. The Kier molecular flexibility index (Phi) is 5.10. The first-order chi connectivity index (χ1) is 8.56. The molecular weight excluding hydrogens is 238 g/mol. The van der Waals surface area contributed by atoms with E-state index in [-0.39, 0.29) is 23.8 Å². The average molecular weight is 253 g/mol. The molecule has 0 saturated heterocycles. The van der Waals surface area contributed by atoms with E-state index in [0.717, 1.165) is 0 Å². The van der Waals surface area contributed by atoms with E-state index in [1.54, 1.807) is 19.1 Å². The number of ether oxygens (including phenoxy) is 1. The maximum Gasteiger partial charge on any atom is 0.313 e. The summed E-state index contributed by atoms with van der Waals surface area (Å²) < 4.78 is 4.76. The molecule has 0 atom stereocenters. The van der Waals surface area contributed by atoms with Gasteiger partial charge in [-0.25, -0.2) is 0 Å². The second kappa shape index (κ2) is 6.58. The van der Waals surface area contributed by atoms with Crippen LogP contribution in [0.5, 0.6) is 5.75 Å². The molecule has 98 valence electrons. The highest BCUT2D eigenvalue weighted by molar-refractivity contribution is 5.69. The van der Waals surface area contributed by atoms with Crippen LogP contribution in [-0.4, -0.2) is 22.6 Å². The third-order valence-corrected chi connectivity index (χ3v) is 2.41. The highest BCUT2D eigenvalue weighted by Gasteiger charge is 2.18. The number of carbonyl (C=O) groups is 1. The Hall–Kier alpha value is -2.11. The molecular formula is C12H15NO5. The molecule has 0 spiro atoms. The molecule has 0 aromatic heterocycles. The predicted octanol–water partition coefficient (Wildman–Crippen LogP) is 2.19. The van der Waals surface area contributed by atoms with Gasteiger partial charge >= 0.3 is 11.7 Å². The van der Waals surface area contributed by atoms with Gasteiger partial charge in [-0.15, -0.1) is 0 Å². The smallest absolute Gasteiger partial charge is 0.313 e. The minimum absolute atomic E-state index is 0.209. The van der Waals surface area contributed by atoms with E-state index in [1.807, 2.05) is 0 Å². The Morgan fingerprint density at radius 2 is 2.22 bits per heavy atom. The molecule has 1 aromatic rings. The number of esters is 1. The quantitative estimate of drug-likeness (QED) is 0.476. The highest BCUT2D eigenvalue weighted by Crippen LogP contribution is 2.30. The van der Waals surface area contributed by atoms with Crippen LogP contribution in [0.1, 0.15) is 25.3 Å². The number of hydrogen-bond acceptors (Lipinski definition) is 5. The lowest BCUT2D eigenvalue weighted by Gasteiger charge is -2.04. The summed E-state index contributed by atoms with van der Waals surface area (Å²) in [5, 5.41) is 20.2. The summed E-state index contributed by atoms with van der Waals surface area (Å²) in [7, 11) is 0. The van der Waals surface area contributed by atoms with E-state index in [9.17, 15) is 20.0 Å². The molecule has 0 bridgehead atoms. The Morgan fingerprint density at radius 3 is 2.83 bits per heavy atom. The standard InChI is InChI=1S/C12H15NO5/c1-2-18-11(15)8-4-6-9-5-3-7-10(14)12(9)13(16)17/h3,5,7,14H,2,4,6,8H2,1H3. The van der Waals surface area contributed by atoms with Crippen molar-refractivity contribution in [3.8, 4) is 5.75 Å². The fraction of sp³-hybridized carbons (Fsp3) is 0.417. The number of phenols is 1. The van der Waals surface area contributed by atoms with Gasteiger partial charge in [0.25, 0.3) is 0 Å². The van der Waals surface area contributed by atoms with E-state index >= 15 is 0 Å². The maximum absolute atomic E-state index is 11.1. The van der Waals surface area contributed by atoms with Gasteiger partial charge in [0.15, 0.2) is 5.75 Å². The molecule has 0 heterocycles. The van der Waals surface area contributed by atoms with Crippen LogP contribution in [0.4, 0.5) is 5.69 Å². The lowest BCUT2D eigenvalue weighted by Crippen LogP contribution is -2.04. The largest absolute Gasteiger partial charge is 0.502 e. The third kappa shape index (κ3) is 3.73. The fourth-order valence-corrected chi connectivity index (χ4v) is 1.65. The van der Waals surface area contributed by atoms with E-state index < -0.39 is 4.92 Å². The van der Waals surface area contributed by atoms with Crippen molar-refractivity contribution in [2.45, 2.75) is 26.2 Å². The number of nitro groups is 1. The summed E-state index contributed by atoms with van der Waals surface area (Å²) in [6, 6.07) is 4.39. The number of rotatable bonds is 6. The average Bonchev–Trinajstić information content (AvgIpc) is 2.28. The second-order valence-electron chi connectivity index (χ2n) is 3.70. The van der Waals surface area contributed by atoms with Gasteiger partial charge in [0.1, 0.15) is 0 Å². The number of nitro benzene ring substituents is 1. The molecule has 1 rings (SSSR count). The lowest BCUT2D eigenvalue weighted by molar-refractivity contribution is -0.386. The second-order valence-corrected chi connectivity index (χ2v) is 3.70. The normalized spacial score (nSPS) is 10.1. The molecule has 1 N–H and O–H groups in total. The first-order valence-corrected chi connectivity index (χ1v) is 5.67. The summed E-state index contributed by atoms with van der Waals surface area (Å²) in [6.45, 7) is 2.04. The van der Waals surface area contributed by atoms with Crippen LogP contribution in [0.3, 0.4) is 0 Å². The van der Waals surface area contributed by atoms with Crippen molar-refractivity contribution in [3.05, 3.63) is 33.9 Å². The van der Waals surface area contributed by atoms with Crippen LogP contribution in [0.2, 0.25) is 0 Å². The molecule has 0 aliphatic rings. The summed E-state index contributed by atoms with van der Waals surface area (Å²) in [5.41, 5.74) is 0.130. The fourth-order valence-electron chi connectivity index (χ4n) is 1.65. The summed E-state index contributed by atoms with van der Waals surface area (Å²) >= 11 is 0. The van der Waals surface area contributed by atoms with Gasteiger partial charge in [-0.2, -0.15) is 0 Å². The van der Waals surface area contributed by atoms with Crippen molar-refractivity contribution in [3.63, 3.8) is 0 Å². The molecule has 1 aromatic carbocycles. The number of nitrogens with zero attached hydrogens (tertiary/aromatic N) is 1. The minimum Gasteiger partial charge on any atom is -0.502 e. The molecule has 0 unspecified atom stereocenters. The number of carbonyl (C=O) groups excluding carboxylic acids is 1. The molecule has 0 saturated carbocycles. The van der Waals surface area contributed by atoms with Crippen molar-refractivity contribution < 1.29 is 19.6 Å². The molecule has 0 amide bonds. The Morgan fingerprint density at radius 1 is 1.50 bits per heavy atom. The zero-order chi connectivity index (χ0) is 13.5. The van der Waals surface area contributed by atoms with Gasteiger partial charge in [-0.3, -0.25) is 14.9 Å². The molecule has 0 aliphatic carbocycles. The molecule has 0 fully saturated rings. The van der Waals surface area contributed by atoms with Crippen LogP contribution < -0.4 is 0 Å². The Balaban J connectivity index is 2.65. The molecule has 18 heavy (non-hydrogen) atoms. The van der Waals surface area contributed by atoms with E-state index in [1.165, 1.54) is 6.07 Å². The minimum atomic E-state index is -0.616. The molecule has 6 nitrogen and oxygen atoms in total. The first-order valence-electron chi connectivity index (χ1n) is 5.67. The summed E-state index contributed by atoms with van der Waals surface area (Å²) in [6.07, 6.45) is 1.01. The zero-order valence-corrected chi connectivity index (χ0v) is 10.1. The van der Waals surface area contributed by atoms with Crippen molar-refractivity contribution in [1.29, 1.82) is 0 Å². The van der Waals surface area contributed by atoms with Crippen molar-refractivity contribution in [1.82, 2.24) is 0 Å². The van der Waals surface area contributed by atoms with E-state index in [2.05, 4.69) is 0 Å².